The highest BCUT2D eigenvalue weighted by atomic mass is 16.2. The zero-order valence-corrected chi connectivity index (χ0v) is 14.4. The van der Waals surface area contributed by atoms with Crippen molar-refractivity contribution in [3.63, 3.8) is 0 Å². The van der Waals surface area contributed by atoms with Crippen LogP contribution in [0.1, 0.15) is 43.9 Å². The van der Waals surface area contributed by atoms with E-state index in [1.807, 2.05) is 36.4 Å². The molecule has 1 aromatic carbocycles. The summed E-state index contributed by atoms with van der Waals surface area (Å²) in [5.74, 6) is 0.302. The summed E-state index contributed by atoms with van der Waals surface area (Å²) in [4.78, 5) is 15.2. The Morgan fingerprint density at radius 1 is 1.04 bits per heavy atom. The number of hydrogen-bond acceptors (Lipinski definition) is 5. The van der Waals surface area contributed by atoms with Gasteiger partial charge in [-0.1, -0.05) is 26.0 Å². The third-order valence-electron chi connectivity index (χ3n) is 4.08. The number of hydrogen-bond donors (Lipinski definition) is 1. The topological polar surface area (TPSA) is 79.1 Å². The summed E-state index contributed by atoms with van der Waals surface area (Å²) in [6, 6.07) is 11.7. The van der Waals surface area contributed by atoms with E-state index < -0.39 is 0 Å². The van der Waals surface area contributed by atoms with Gasteiger partial charge in [-0.15, -0.1) is 0 Å². The number of azo groups is 1. The van der Waals surface area contributed by atoms with Gasteiger partial charge < -0.3 is 0 Å². The number of aromatic nitrogens is 1. The third kappa shape index (κ3) is 4.35. The van der Waals surface area contributed by atoms with Crippen LogP contribution in [-0.2, 0) is 4.79 Å². The summed E-state index contributed by atoms with van der Waals surface area (Å²) in [5, 5.41) is 13.0. The predicted octanol–water partition coefficient (Wildman–Crippen LogP) is 4.18. The van der Waals surface area contributed by atoms with Crippen molar-refractivity contribution in [2.24, 2.45) is 21.2 Å². The molecule has 1 aromatic heterocycles. The molecule has 6 heteroatoms. The van der Waals surface area contributed by atoms with Crippen LogP contribution in [0.2, 0.25) is 0 Å². The summed E-state index contributed by atoms with van der Waals surface area (Å²) in [7, 11) is 0. The first kappa shape index (κ1) is 17.0. The third-order valence-corrected chi connectivity index (χ3v) is 4.08. The number of carbonyl (C=O) groups excluding carboxylic acids is 1. The van der Waals surface area contributed by atoms with Gasteiger partial charge in [0.25, 0.3) is 0 Å². The molecule has 0 bridgehead atoms. The average molecular weight is 335 g/mol. The van der Waals surface area contributed by atoms with Crippen LogP contribution in [0.15, 0.2) is 64.1 Å². The average Bonchev–Trinajstić information content (AvgIpc) is 2.64. The van der Waals surface area contributed by atoms with Crippen molar-refractivity contribution in [1.29, 1.82) is 0 Å². The van der Waals surface area contributed by atoms with Crippen LogP contribution >= 0.6 is 0 Å². The smallest absolute Gasteiger partial charge is 0.240 e. The molecule has 0 saturated heterocycles. The number of carbonyl (C=O) groups is 1. The molecule has 0 radical (unpaired) electrons. The van der Waals surface area contributed by atoms with Gasteiger partial charge in [-0.2, -0.15) is 15.3 Å². The lowest BCUT2D eigenvalue weighted by atomic mass is 9.98. The lowest BCUT2D eigenvalue weighted by Crippen LogP contribution is -2.25. The van der Waals surface area contributed by atoms with Gasteiger partial charge in [0.15, 0.2) is 0 Å². The number of pyridine rings is 1. The Labute approximate surface area is 147 Å². The fourth-order valence-corrected chi connectivity index (χ4v) is 2.68. The lowest BCUT2D eigenvalue weighted by Gasteiger charge is -2.15. The van der Waals surface area contributed by atoms with E-state index in [9.17, 15) is 4.79 Å². The molecule has 0 saturated carbocycles. The van der Waals surface area contributed by atoms with Crippen molar-refractivity contribution in [2.75, 3.05) is 0 Å². The molecule has 2 heterocycles. The maximum absolute atomic E-state index is 11.2. The zero-order valence-electron chi connectivity index (χ0n) is 14.4. The molecule has 0 spiro atoms. The minimum Gasteiger partial charge on any atom is -0.273 e. The highest BCUT2D eigenvalue weighted by molar-refractivity contribution is 6.04. The highest BCUT2D eigenvalue weighted by Gasteiger charge is 2.15. The number of nitrogens with one attached hydrogen (secondary N) is 1. The molecule has 3 rings (SSSR count). The van der Waals surface area contributed by atoms with Gasteiger partial charge in [-0.25, -0.2) is 5.43 Å². The quantitative estimate of drug-likeness (QED) is 0.832. The van der Waals surface area contributed by atoms with Crippen molar-refractivity contribution in [1.82, 2.24) is 10.4 Å². The maximum atomic E-state index is 11.2. The van der Waals surface area contributed by atoms with E-state index in [0.29, 0.717) is 18.8 Å². The second-order valence-corrected chi connectivity index (χ2v) is 6.33. The van der Waals surface area contributed by atoms with Crippen molar-refractivity contribution in [3.8, 4) is 0 Å². The predicted molar refractivity (Wildman–Crippen MR) is 96.7 cm³/mol. The Morgan fingerprint density at radius 3 is 2.36 bits per heavy atom. The number of benzene rings is 1. The van der Waals surface area contributed by atoms with Gasteiger partial charge in [0.2, 0.25) is 5.91 Å². The van der Waals surface area contributed by atoms with Gasteiger partial charge in [0.1, 0.15) is 0 Å². The minimum absolute atomic E-state index is 0.000563. The van der Waals surface area contributed by atoms with Crippen LogP contribution in [-0.4, -0.2) is 16.6 Å². The standard InChI is InChI=1S/C19H21N5O/c1-13(2)19(15-9-11-20-12-10-15)24-21-16-5-3-14(4-6-16)17-7-8-18(25)23-22-17/h3-6,9-13,19H,7-8H2,1-2H3,(H,23,25). The summed E-state index contributed by atoms with van der Waals surface area (Å²) in [5.41, 5.74) is 6.30. The SMILES string of the molecule is CC(C)C(N=Nc1ccc(C2=NNC(=O)CC2)cc1)c1ccncc1. The van der Waals surface area contributed by atoms with Crippen LogP contribution in [0, 0.1) is 5.92 Å². The highest BCUT2D eigenvalue weighted by Crippen LogP contribution is 2.27. The molecule has 1 amide bonds. The second kappa shape index (κ2) is 7.79. The fourth-order valence-electron chi connectivity index (χ4n) is 2.68. The second-order valence-electron chi connectivity index (χ2n) is 6.33. The van der Waals surface area contributed by atoms with E-state index in [4.69, 9.17) is 0 Å². The van der Waals surface area contributed by atoms with Gasteiger partial charge in [0.05, 0.1) is 17.4 Å². The molecule has 1 unspecified atom stereocenters. The molecule has 2 aromatic rings. The first-order valence-electron chi connectivity index (χ1n) is 8.40. The monoisotopic (exact) mass is 335 g/mol. The molecular formula is C19H21N5O. The maximum Gasteiger partial charge on any atom is 0.240 e. The zero-order chi connectivity index (χ0) is 17.6. The Balaban J connectivity index is 1.74. The minimum atomic E-state index is -0.0370. The molecule has 6 nitrogen and oxygen atoms in total. The Morgan fingerprint density at radius 2 is 1.76 bits per heavy atom. The Hall–Kier alpha value is -2.89. The number of hydrazone groups is 1. The van der Waals surface area contributed by atoms with Gasteiger partial charge in [-0.05, 0) is 41.3 Å². The van der Waals surface area contributed by atoms with Crippen LogP contribution in [0.25, 0.3) is 0 Å². The van der Waals surface area contributed by atoms with Crippen LogP contribution in [0.4, 0.5) is 5.69 Å². The molecule has 1 N–H and O–H groups in total. The van der Waals surface area contributed by atoms with E-state index in [-0.39, 0.29) is 11.9 Å². The largest absolute Gasteiger partial charge is 0.273 e. The number of nitrogens with zero attached hydrogens (tertiary/aromatic N) is 4. The van der Waals surface area contributed by atoms with Gasteiger partial charge in [0, 0.05) is 25.2 Å². The lowest BCUT2D eigenvalue weighted by molar-refractivity contribution is -0.121. The molecule has 1 aliphatic heterocycles. The van der Waals surface area contributed by atoms with E-state index in [1.165, 1.54) is 0 Å². The van der Waals surface area contributed by atoms with E-state index in [0.717, 1.165) is 22.5 Å². The first-order valence-corrected chi connectivity index (χ1v) is 8.40. The van der Waals surface area contributed by atoms with Crippen molar-refractivity contribution in [3.05, 3.63) is 59.9 Å². The molecule has 1 aliphatic rings. The normalized spacial score (nSPS) is 16.0. The van der Waals surface area contributed by atoms with E-state index in [2.05, 4.69) is 39.6 Å². The summed E-state index contributed by atoms with van der Waals surface area (Å²) in [6.45, 7) is 4.26. The summed E-state index contributed by atoms with van der Waals surface area (Å²) in [6.07, 6.45) is 4.68. The number of rotatable bonds is 5. The molecular weight excluding hydrogens is 314 g/mol. The molecule has 0 aliphatic carbocycles. The Bertz CT molecular complexity index is 781. The van der Waals surface area contributed by atoms with Crippen molar-refractivity contribution in [2.45, 2.75) is 32.7 Å². The van der Waals surface area contributed by atoms with Gasteiger partial charge >= 0.3 is 0 Å². The molecule has 25 heavy (non-hydrogen) atoms. The van der Waals surface area contributed by atoms with E-state index in [1.54, 1.807) is 12.4 Å². The Kier molecular flexibility index (Phi) is 5.28. The van der Waals surface area contributed by atoms with Crippen LogP contribution in [0.3, 0.4) is 0 Å². The first-order chi connectivity index (χ1) is 12.1. The van der Waals surface area contributed by atoms with E-state index >= 15 is 0 Å². The van der Waals surface area contributed by atoms with Crippen molar-refractivity contribution < 1.29 is 4.79 Å². The number of amides is 1. The molecule has 0 fully saturated rings. The molecule has 1 atom stereocenters. The van der Waals surface area contributed by atoms with Crippen molar-refractivity contribution >= 4 is 17.3 Å². The molecule has 128 valence electrons. The summed E-state index contributed by atoms with van der Waals surface area (Å²) < 4.78 is 0. The summed E-state index contributed by atoms with van der Waals surface area (Å²) >= 11 is 0. The fraction of sp³-hybridized carbons (Fsp3) is 0.316. The van der Waals surface area contributed by atoms with Gasteiger partial charge in [-0.3, -0.25) is 9.78 Å². The van der Waals surface area contributed by atoms with Crippen LogP contribution < -0.4 is 5.43 Å². The van der Waals surface area contributed by atoms with Crippen LogP contribution in [0.5, 0.6) is 0 Å².